The van der Waals surface area contributed by atoms with Gasteiger partial charge in [-0.15, -0.1) is 0 Å². The van der Waals surface area contributed by atoms with Gasteiger partial charge in [0.2, 0.25) is 0 Å². The topological polar surface area (TPSA) is 65.5 Å². The Morgan fingerprint density at radius 1 is 1.55 bits per heavy atom. The number of amides is 2. The average molecular weight is 311 g/mol. The van der Waals surface area contributed by atoms with E-state index >= 15 is 0 Å². The van der Waals surface area contributed by atoms with Gasteiger partial charge in [-0.2, -0.15) is 0 Å². The maximum Gasteiger partial charge on any atom is 0.318 e. The number of pyridine rings is 1. The molecule has 1 aromatic rings. The number of nitrogens with zero attached hydrogens (tertiary/aromatic N) is 2. The summed E-state index contributed by atoms with van der Waals surface area (Å²) >= 11 is 0. The van der Waals surface area contributed by atoms with Gasteiger partial charge in [0, 0.05) is 18.8 Å². The van der Waals surface area contributed by atoms with Crippen LogP contribution in [0.5, 0.6) is 0 Å². The molecule has 0 radical (unpaired) electrons. The SMILES string of the molecule is O=C(NC(c1cccnc1)C1CC1)N1CC(F)(F)CC1CO. The van der Waals surface area contributed by atoms with Gasteiger partial charge in [0.25, 0.3) is 5.92 Å². The Morgan fingerprint density at radius 3 is 2.91 bits per heavy atom. The van der Waals surface area contributed by atoms with E-state index in [-0.39, 0.29) is 6.04 Å². The molecule has 1 aliphatic heterocycles. The number of aliphatic hydroxyl groups is 1. The number of aromatic nitrogens is 1. The van der Waals surface area contributed by atoms with Gasteiger partial charge in [0.05, 0.1) is 25.2 Å². The van der Waals surface area contributed by atoms with Crippen LogP contribution in [0.3, 0.4) is 0 Å². The van der Waals surface area contributed by atoms with E-state index in [9.17, 15) is 18.7 Å². The first-order valence-corrected chi connectivity index (χ1v) is 7.46. The first-order valence-electron chi connectivity index (χ1n) is 7.46. The quantitative estimate of drug-likeness (QED) is 0.893. The van der Waals surface area contributed by atoms with Crippen molar-refractivity contribution in [1.29, 1.82) is 0 Å². The molecule has 1 aliphatic carbocycles. The lowest BCUT2D eigenvalue weighted by molar-refractivity contribution is 0.0140. The molecule has 0 aromatic carbocycles. The van der Waals surface area contributed by atoms with Crippen molar-refractivity contribution >= 4 is 6.03 Å². The summed E-state index contributed by atoms with van der Waals surface area (Å²) in [6, 6.07) is 2.07. The normalized spacial score (nSPS) is 25.0. The summed E-state index contributed by atoms with van der Waals surface area (Å²) in [6.07, 6.45) is 4.85. The number of hydrogen-bond acceptors (Lipinski definition) is 3. The van der Waals surface area contributed by atoms with Gasteiger partial charge in [-0.25, -0.2) is 13.6 Å². The zero-order chi connectivity index (χ0) is 15.7. The summed E-state index contributed by atoms with van der Waals surface area (Å²) in [4.78, 5) is 17.5. The van der Waals surface area contributed by atoms with Crippen molar-refractivity contribution in [1.82, 2.24) is 15.2 Å². The van der Waals surface area contributed by atoms with E-state index in [0.717, 1.165) is 23.3 Å². The van der Waals surface area contributed by atoms with Crippen molar-refractivity contribution in [2.75, 3.05) is 13.2 Å². The molecular formula is C15H19F2N3O2. The number of halogens is 2. The molecule has 5 nitrogen and oxygen atoms in total. The third kappa shape index (κ3) is 3.19. The van der Waals surface area contributed by atoms with Crippen LogP contribution in [0.2, 0.25) is 0 Å². The number of rotatable bonds is 4. The Hall–Kier alpha value is -1.76. The summed E-state index contributed by atoms with van der Waals surface area (Å²) < 4.78 is 27.0. The zero-order valence-electron chi connectivity index (χ0n) is 12.1. The first-order chi connectivity index (χ1) is 10.5. The van der Waals surface area contributed by atoms with Crippen molar-refractivity contribution in [3.8, 4) is 0 Å². The molecule has 0 spiro atoms. The monoisotopic (exact) mass is 311 g/mol. The van der Waals surface area contributed by atoms with Crippen LogP contribution in [-0.4, -0.2) is 46.1 Å². The summed E-state index contributed by atoms with van der Waals surface area (Å²) in [6.45, 7) is -1.10. The van der Waals surface area contributed by atoms with Crippen LogP contribution in [0.1, 0.15) is 30.9 Å². The van der Waals surface area contributed by atoms with Gasteiger partial charge in [0.1, 0.15) is 0 Å². The highest BCUT2D eigenvalue weighted by Crippen LogP contribution is 2.41. The number of carbonyl (C=O) groups excluding carboxylic acids is 1. The van der Waals surface area contributed by atoms with Crippen LogP contribution >= 0.6 is 0 Å². The van der Waals surface area contributed by atoms with Crippen LogP contribution in [0.4, 0.5) is 13.6 Å². The van der Waals surface area contributed by atoms with E-state index in [1.807, 2.05) is 6.07 Å². The van der Waals surface area contributed by atoms with Gasteiger partial charge in [-0.05, 0) is 30.4 Å². The van der Waals surface area contributed by atoms with E-state index < -0.39 is 37.6 Å². The van der Waals surface area contributed by atoms with Crippen LogP contribution in [-0.2, 0) is 0 Å². The minimum absolute atomic E-state index is 0.213. The number of likely N-dealkylation sites (tertiary alicyclic amines) is 1. The Morgan fingerprint density at radius 2 is 2.32 bits per heavy atom. The van der Waals surface area contributed by atoms with Crippen LogP contribution < -0.4 is 5.32 Å². The number of aliphatic hydroxyl groups excluding tert-OH is 1. The van der Waals surface area contributed by atoms with E-state index in [1.54, 1.807) is 18.5 Å². The Bertz CT molecular complexity index is 537. The number of carbonyl (C=O) groups is 1. The second-order valence-electron chi connectivity index (χ2n) is 6.08. The molecule has 7 heteroatoms. The van der Waals surface area contributed by atoms with E-state index in [0.29, 0.717) is 5.92 Å². The van der Waals surface area contributed by atoms with Crippen molar-refractivity contribution in [2.24, 2.45) is 5.92 Å². The first kappa shape index (κ1) is 15.1. The fourth-order valence-corrected chi connectivity index (χ4v) is 2.98. The Kier molecular flexibility index (Phi) is 3.99. The van der Waals surface area contributed by atoms with Crippen molar-refractivity contribution in [2.45, 2.75) is 37.3 Å². The third-order valence-electron chi connectivity index (χ3n) is 4.26. The average Bonchev–Trinajstić information content (AvgIpc) is 3.28. The highest BCUT2D eigenvalue weighted by molar-refractivity contribution is 5.75. The van der Waals surface area contributed by atoms with Gasteiger partial charge >= 0.3 is 6.03 Å². The molecule has 2 fully saturated rings. The molecule has 1 aromatic heterocycles. The van der Waals surface area contributed by atoms with Gasteiger partial charge < -0.3 is 15.3 Å². The molecule has 0 bridgehead atoms. The van der Waals surface area contributed by atoms with Crippen LogP contribution in [0, 0.1) is 5.92 Å². The smallest absolute Gasteiger partial charge is 0.318 e. The third-order valence-corrected chi connectivity index (χ3v) is 4.26. The van der Waals surface area contributed by atoms with Gasteiger partial charge in [-0.1, -0.05) is 6.07 Å². The molecule has 120 valence electrons. The lowest BCUT2D eigenvalue weighted by Crippen LogP contribution is -2.46. The minimum atomic E-state index is -2.94. The predicted molar refractivity (Wildman–Crippen MR) is 75.4 cm³/mol. The highest BCUT2D eigenvalue weighted by Gasteiger charge is 2.47. The van der Waals surface area contributed by atoms with Gasteiger partial charge in [0.15, 0.2) is 0 Å². The lowest BCUT2D eigenvalue weighted by atomic mass is 10.0. The molecule has 1 saturated carbocycles. The minimum Gasteiger partial charge on any atom is -0.394 e. The second-order valence-corrected chi connectivity index (χ2v) is 6.08. The standard InChI is InChI=1S/C15H19F2N3O2/c16-15(17)6-12(8-21)20(9-15)14(22)19-13(10-3-4-10)11-2-1-5-18-7-11/h1-2,5,7,10,12-13,21H,3-4,6,8-9H2,(H,19,22). The second kappa shape index (κ2) is 5.79. The van der Waals surface area contributed by atoms with Crippen LogP contribution in [0.15, 0.2) is 24.5 Å². The summed E-state index contributed by atoms with van der Waals surface area (Å²) in [7, 11) is 0. The summed E-state index contributed by atoms with van der Waals surface area (Å²) in [5.41, 5.74) is 0.879. The predicted octanol–water partition coefficient (Wildman–Crippen LogP) is 1.94. The highest BCUT2D eigenvalue weighted by atomic mass is 19.3. The fraction of sp³-hybridized carbons (Fsp3) is 0.600. The zero-order valence-corrected chi connectivity index (χ0v) is 12.1. The van der Waals surface area contributed by atoms with Crippen molar-refractivity contribution in [3.05, 3.63) is 30.1 Å². The lowest BCUT2D eigenvalue weighted by Gasteiger charge is -2.26. The molecular weight excluding hydrogens is 292 g/mol. The molecule has 2 N–H and O–H groups in total. The molecule has 2 amide bonds. The Balaban J connectivity index is 1.72. The molecule has 2 heterocycles. The number of hydrogen-bond donors (Lipinski definition) is 2. The fourth-order valence-electron chi connectivity index (χ4n) is 2.98. The van der Waals surface area contributed by atoms with E-state index in [1.165, 1.54) is 0 Å². The molecule has 3 rings (SSSR count). The largest absolute Gasteiger partial charge is 0.394 e. The molecule has 2 unspecified atom stereocenters. The molecule has 2 atom stereocenters. The number of urea groups is 1. The Labute approximate surface area is 127 Å². The number of alkyl halides is 2. The summed E-state index contributed by atoms with van der Waals surface area (Å²) in [5, 5.41) is 12.1. The maximum atomic E-state index is 13.5. The molecule has 2 aliphatic rings. The van der Waals surface area contributed by atoms with Gasteiger partial charge in [-0.3, -0.25) is 4.98 Å². The van der Waals surface area contributed by atoms with E-state index in [4.69, 9.17) is 0 Å². The van der Waals surface area contributed by atoms with Crippen molar-refractivity contribution in [3.63, 3.8) is 0 Å². The number of nitrogens with one attached hydrogen (secondary N) is 1. The van der Waals surface area contributed by atoms with Crippen molar-refractivity contribution < 1.29 is 18.7 Å². The van der Waals surface area contributed by atoms with Crippen LogP contribution in [0.25, 0.3) is 0 Å². The maximum absolute atomic E-state index is 13.5. The molecule has 1 saturated heterocycles. The summed E-state index contributed by atoms with van der Waals surface area (Å²) in [5.74, 6) is -2.61. The van der Waals surface area contributed by atoms with E-state index in [2.05, 4.69) is 10.3 Å². The molecule has 22 heavy (non-hydrogen) atoms.